The van der Waals surface area contributed by atoms with Gasteiger partial charge in [-0.15, -0.1) is 0 Å². The van der Waals surface area contributed by atoms with Crippen LogP contribution in [0.4, 0.5) is 18.3 Å². The molecule has 0 amide bonds. The van der Waals surface area contributed by atoms with E-state index in [0.29, 0.717) is 23.0 Å². The first-order chi connectivity index (χ1) is 9.00. The monoisotopic (exact) mass is 290 g/mol. The molecule has 0 aliphatic rings. The van der Waals surface area contributed by atoms with Crippen LogP contribution < -0.4 is 10.1 Å². The third-order valence-corrected chi connectivity index (χ3v) is 2.83. The molecule has 19 heavy (non-hydrogen) atoms. The van der Waals surface area contributed by atoms with Gasteiger partial charge in [-0.3, -0.25) is 0 Å². The molecule has 0 saturated heterocycles. The molecule has 2 aromatic heterocycles. The number of methoxy groups -OCH3 is 1. The van der Waals surface area contributed by atoms with E-state index >= 15 is 0 Å². The molecule has 9 heteroatoms. The number of ether oxygens (including phenoxy) is 1. The van der Waals surface area contributed by atoms with E-state index in [1.807, 2.05) is 0 Å². The lowest BCUT2D eigenvalue weighted by atomic mass is 10.3. The molecule has 0 aliphatic heterocycles. The number of hydrogen-bond acceptors (Lipinski definition) is 6. The van der Waals surface area contributed by atoms with E-state index in [4.69, 9.17) is 4.74 Å². The van der Waals surface area contributed by atoms with E-state index in [1.165, 1.54) is 7.11 Å². The maximum absolute atomic E-state index is 12.3. The Labute approximate surface area is 110 Å². The smallest absolute Gasteiger partial charge is 0.452 e. The lowest BCUT2D eigenvalue weighted by molar-refractivity contribution is -0.144. The normalized spacial score (nSPS) is 11.4. The van der Waals surface area contributed by atoms with Gasteiger partial charge in [-0.05, 0) is 6.07 Å². The average molecular weight is 290 g/mol. The van der Waals surface area contributed by atoms with E-state index in [2.05, 4.69) is 19.7 Å². The summed E-state index contributed by atoms with van der Waals surface area (Å²) in [5, 5.41) is 2.85. The first-order valence-electron chi connectivity index (χ1n) is 5.13. The van der Waals surface area contributed by atoms with Gasteiger partial charge in [0.2, 0.25) is 16.8 Å². The van der Waals surface area contributed by atoms with E-state index in [1.54, 1.807) is 18.3 Å². The molecule has 102 valence electrons. The second-order valence-corrected chi connectivity index (χ2v) is 4.20. The average Bonchev–Trinajstić information content (AvgIpc) is 2.85. The van der Waals surface area contributed by atoms with Gasteiger partial charge >= 0.3 is 6.18 Å². The molecule has 0 spiro atoms. The summed E-state index contributed by atoms with van der Waals surface area (Å²) in [7, 11) is 1.47. The van der Waals surface area contributed by atoms with Crippen LogP contribution >= 0.6 is 11.5 Å². The molecule has 2 rings (SSSR count). The van der Waals surface area contributed by atoms with Gasteiger partial charge in [0, 0.05) is 29.8 Å². The molecule has 2 aromatic rings. The number of aromatic nitrogens is 3. The number of halogens is 3. The fourth-order valence-electron chi connectivity index (χ4n) is 1.32. The fraction of sp³-hybridized carbons (Fsp3) is 0.300. The van der Waals surface area contributed by atoms with Crippen LogP contribution in [-0.2, 0) is 12.7 Å². The number of nitrogens with one attached hydrogen (secondary N) is 1. The largest absolute Gasteiger partial charge is 0.481 e. The van der Waals surface area contributed by atoms with E-state index in [-0.39, 0.29) is 11.7 Å². The highest BCUT2D eigenvalue weighted by Gasteiger charge is 2.36. The van der Waals surface area contributed by atoms with Crippen LogP contribution in [0.1, 0.15) is 11.4 Å². The lowest BCUT2D eigenvalue weighted by Gasteiger charge is -2.06. The fourth-order valence-corrected chi connectivity index (χ4v) is 1.90. The number of nitrogens with zero attached hydrogens (tertiary/aromatic N) is 3. The van der Waals surface area contributed by atoms with Crippen LogP contribution in [0.25, 0.3) is 0 Å². The Morgan fingerprint density at radius 1 is 1.42 bits per heavy atom. The van der Waals surface area contributed by atoms with Gasteiger partial charge in [0.1, 0.15) is 0 Å². The molecule has 1 N–H and O–H groups in total. The topological polar surface area (TPSA) is 59.9 Å². The maximum Gasteiger partial charge on any atom is 0.452 e. The van der Waals surface area contributed by atoms with Crippen molar-refractivity contribution in [1.82, 2.24) is 14.3 Å². The van der Waals surface area contributed by atoms with Crippen LogP contribution in [0.15, 0.2) is 18.3 Å². The quantitative estimate of drug-likeness (QED) is 0.937. The third-order valence-electron chi connectivity index (χ3n) is 2.15. The minimum Gasteiger partial charge on any atom is -0.481 e. The minimum atomic E-state index is -4.53. The second-order valence-electron chi connectivity index (χ2n) is 3.45. The summed E-state index contributed by atoms with van der Waals surface area (Å²) >= 11 is 0.656. The van der Waals surface area contributed by atoms with Gasteiger partial charge in [0.15, 0.2) is 0 Å². The minimum absolute atomic E-state index is 0.0956. The highest BCUT2D eigenvalue weighted by atomic mass is 32.1. The molecule has 2 heterocycles. The van der Waals surface area contributed by atoms with Crippen molar-refractivity contribution in [2.75, 3.05) is 12.4 Å². The second kappa shape index (κ2) is 5.39. The van der Waals surface area contributed by atoms with Crippen molar-refractivity contribution < 1.29 is 17.9 Å². The molecular weight excluding hydrogens is 281 g/mol. The zero-order chi connectivity index (χ0) is 13.9. The summed E-state index contributed by atoms with van der Waals surface area (Å²) < 4.78 is 45.2. The highest BCUT2D eigenvalue weighted by Crippen LogP contribution is 2.29. The summed E-state index contributed by atoms with van der Waals surface area (Å²) in [5.74, 6) is -0.728. The van der Waals surface area contributed by atoms with E-state index in [9.17, 15) is 13.2 Å². The molecule has 0 aliphatic carbocycles. The molecule has 0 saturated carbocycles. The number of alkyl halides is 3. The number of hydrogen-bond donors (Lipinski definition) is 1. The van der Waals surface area contributed by atoms with Crippen LogP contribution in [0.2, 0.25) is 0 Å². The molecule has 0 radical (unpaired) electrons. The lowest BCUT2D eigenvalue weighted by Crippen LogP contribution is -2.08. The molecule has 0 fully saturated rings. The highest BCUT2D eigenvalue weighted by molar-refractivity contribution is 7.09. The first kappa shape index (κ1) is 13.5. The van der Waals surface area contributed by atoms with Gasteiger partial charge in [0.25, 0.3) is 0 Å². The Hall–Kier alpha value is -1.90. The van der Waals surface area contributed by atoms with Gasteiger partial charge in [0.05, 0.1) is 7.11 Å². The summed E-state index contributed by atoms with van der Waals surface area (Å²) in [4.78, 5) is 7.34. The zero-order valence-corrected chi connectivity index (χ0v) is 10.5. The SMILES string of the molecule is COc1ncccc1CNc1nc(C(F)(F)F)ns1. The van der Waals surface area contributed by atoms with E-state index in [0.717, 1.165) is 0 Å². The predicted octanol–water partition coefficient (Wildman–Crippen LogP) is 2.57. The summed E-state index contributed by atoms with van der Waals surface area (Å²) in [6.07, 6.45) is -2.96. The van der Waals surface area contributed by atoms with Crippen molar-refractivity contribution in [3.8, 4) is 5.88 Å². The zero-order valence-electron chi connectivity index (χ0n) is 9.73. The Morgan fingerprint density at radius 2 is 2.21 bits per heavy atom. The van der Waals surface area contributed by atoms with Gasteiger partial charge < -0.3 is 10.1 Å². The Balaban J connectivity index is 2.05. The van der Waals surface area contributed by atoms with Gasteiger partial charge in [-0.25, -0.2) is 4.98 Å². The summed E-state index contributed by atoms with van der Waals surface area (Å²) in [6.45, 7) is 0.253. The summed E-state index contributed by atoms with van der Waals surface area (Å²) in [6, 6.07) is 3.46. The third kappa shape index (κ3) is 3.31. The van der Waals surface area contributed by atoms with Crippen molar-refractivity contribution in [3.63, 3.8) is 0 Å². The molecule has 0 atom stereocenters. The number of rotatable bonds is 4. The molecular formula is C10H9F3N4OS. The molecule has 0 bridgehead atoms. The first-order valence-corrected chi connectivity index (χ1v) is 5.90. The number of pyridine rings is 1. The van der Waals surface area contributed by atoms with Crippen molar-refractivity contribution >= 4 is 16.7 Å². The Morgan fingerprint density at radius 3 is 2.84 bits per heavy atom. The van der Waals surface area contributed by atoms with Crippen LogP contribution in [0.5, 0.6) is 5.88 Å². The van der Waals surface area contributed by atoms with Crippen molar-refractivity contribution in [3.05, 3.63) is 29.7 Å². The summed E-state index contributed by atoms with van der Waals surface area (Å²) in [5.41, 5.74) is 0.716. The van der Waals surface area contributed by atoms with Crippen LogP contribution in [0, 0.1) is 0 Å². The molecule has 5 nitrogen and oxygen atoms in total. The van der Waals surface area contributed by atoms with Crippen LogP contribution in [0.3, 0.4) is 0 Å². The number of anilines is 1. The maximum atomic E-state index is 12.3. The van der Waals surface area contributed by atoms with Crippen LogP contribution in [-0.4, -0.2) is 21.5 Å². The Bertz CT molecular complexity index is 558. The van der Waals surface area contributed by atoms with Crippen molar-refractivity contribution in [2.45, 2.75) is 12.7 Å². The van der Waals surface area contributed by atoms with Gasteiger partial charge in [-0.1, -0.05) is 6.07 Å². The molecule has 0 unspecified atom stereocenters. The van der Waals surface area contributed by atoms with Crippen molar-refractivity contribution in [1.29, 1.82) is 0 Å². The standard InChI is InChI=1S/C10H9F3N4OS/c1-18-7-6(3-2-4-14-7)5-15-9-16-8(17-19-9)10(11,12)13/h2-4H,5H2,1H3,(H,15,16,17). The Kier molecular flexibility index (Phi) is 3.84. The van der Waals surface area contributed by atoms with Gasteiger partial charge in [-0.2, -0.15) is 22.5 Å². The van der Waals surface area contributed by atoms with Crippen molar-refractivity contribution in [2.24, 2.45) is 0 Å². The predicted molar refractivity (Wildman–Crippen MR) is 63.0 cm³/mol. The van der Waals surface area contributed by atoms with E-state index < -0.39 is 12.0 Å². The molecule has 0 aromatic carbocycles.